The monoisotopic (exact) mass is 372 g/mol. The van der Waals surface area contributed by atoms with E-state index in [9.17, 15) is 14.4 Å². The first-order valence-electron chi connectivity index (χ1n) is 9.66. The fourth-order valence-electron chi connectivity index (χ4n) is 4.82. The van der Waals surface area contributed by atoms with Crippen LogP contribution in [-0.2, 0) is 9.59 Å². The van der Waals surface area contributed by atoms with Crippen molar-refractivity contribution in [3.8, 4) is 0 Å². The first kappa shape index (κ1) is 16.9. The van der Waals surface area contributed by atoms with E-state index in [2.05, 4.69) is 17.5 Å². The Morgan fingerprint density at radius 3 is 1.93 bits per heavy atom. The lowest BCUT2D eigenvalue weighted by Crippen LogP contribution is -2.38. The average Bonchev–Trinajstić information content (AvgIpc) is 3.02. The third-order valence-electron chi connectivity index (χ3n) is 6.18. The first-order chi connectivity index (χ1) is 13.6. The van der Waals surface area contributed by atoms with E-state index in [0.29, 0.717) is 16.9 Å². The number of carbonyl (C=O) groups excluding carboxylic acids is 3. The van der Waals surface area contributed by atoms with Crippen LogP contribution in [0.2, 0.25) is 0 Å². The Labute approximate surface area is 163 Å². The number of para-hydroxylation sites is 1. The highest BCUT2D eigenvalue weighted by molar-refractivity contribution is 6.22. The minimum atomic E-state index is -0.229. The van der Waals surface area contributed by atoms with E-state index in [-0.39, 0.29) is 41.4 Å². The number of hydrogen-bond acceptors (Lipinski definition) is 3. The molecule has 2 aromatic carbocycles. The number of amides is 3. The van der Waals surface area contributed by atoms with Crippen LogP contribution in [0, 0.1) is 23.7 Å². The number of nitrogens with zero attached hydrogens (tertiary/aromatic N) is 1. The second-order valence-corrected chi connectivity index (χ2v) is 7.72. The molecule has 1 N–H and O–H groups in total. The van der Waals surface area contributed by atoms with Crippen molar-refractivity contribution in [3.05, 3.63) is 72.3 Å². The molecule has 0 spiro atoms. The van der Waals surface area contributed by atoms with E-state index in [1.165, 1.54) is 4.90 Å². The molecule has 2 aromatic rings. The van der Waals surface area contributed by atoms with Crippen LogP contribution in [0.3, 0.4) is 0 Å². The predicted molar refractivity (Wildman–Crippen MR) is 106 cm³/mol. The van der Waals surface area contributed by atoms with E-state index in [4.69, 9.17) is 0 Å². The SMILES string of the molecule is O=C(Nc1ccccc1)c1ccc(N2C(=O)C3C4C=CC(CC4)C3C2=O)cc1. The van der Waals surface area contributed by atoms with Gasteiger partial charge in [0.1, 0.15) is 0 Å². The van der Waals surface area contributed by atoms with E-state index in [1.807, 2.05) is 30.3 Å². The number of allylic oxidation sites excluding steroid dienone is 2. The Bertz CT molecular complexity index is 949. The van der Waals surface area contributed by atoms with Crippen molar-refractivity contribution >= 4 is 29.1 Å². The van der Waals surface area contributed by atoms with Gasteiger partial charge in [0, 0.05) is 11.3 Å². The molecule has 2 fully saturated rings. The Hall–Kier alpha value is -3.21. The molecule has 2 bridgehead atoms. The van der Waals surface area contributed by atoms with Gasteiger partial charge in [-0.3, -0.25) is 19.3 Å². The average molecular weight is 372 g/mol. The van der Waals surface area contributed by atoms with Crippen molar-refractivity contribution < 1.29 is 14.4 Å². The van der Waals surface area contributed by atoms with Crippen molar-refractivity contribution in [1.29, 1.82) is 0 Å². The summed E-state index contributed by atoms with van der Waals surface area (Å²) in [5.74, 6) is -0.534. The number of anilines is 2. The smallest absolute Gasteiger partial charge is 0.255 e. The van der Waals surface area contributed by atoms with Gasteiger partial charge in [0.2, 0.25) is 11.8 Å². The van der Waals surface area contributed by atoms with Gasteiger partial charge in [-0.15, -0.1) is 0 Å². The highest BCUT2D eigenvalue weighted by Gasteiger charge is 2.56. The van der Waals surface area contributed by atoms with Gasteiger partial charge in [-0.2, -0.15) is 0 Å². The third-order valence-corrected chi connectivity index (χ3v) is 6.18. The van der Waals surface area contributed by atoms with Crippen LogP contribution in [-0.4, -0.2) is 17.7 Å². The molecule has 4 atom stereocenters. The number of hydrogen-bond donors (Lipinski definition) is 1. The molecule has 1 aliphatic heterocycles. The van der Waals surface area contributed by atoms with Crippen LogP contribution in [0.4, 0.5) is 11.4 Å². The molecule has 6 rings (SSSR count). The van der Waals surface area contributed by atoms with Gasteiger partial charge in [0.15, 0.2) is 0 Å². The Kier molecular flexibility index (Phi) is 3.90. The Morgan fingerprint density at radius 1 is 0.821 bits per heavy atom. The topological polar surface area (TPSA) is 66.5 Å². The number of nitrogens with one attached hydrogen (secondary N) is 1. The molecule has 4 unspecified atom stereocenters. The van der Waals surface area contributed by atoms with Crippen molar-refractivity contribution in [1.82, 2.24) is 0 Å². The van der Waals surface area contributed by atoms with Gasteiger partial charge in [0.05, 0.1) is 17.5 Å². The molecule has 3 amide bonds. The molecule has 1 saturated heterocycles. The quantitative estimate of drug-likeness (QED) is 0.661. The summed E-state index contributed by atoms with van der Waals surface area (Å²) in [7, 11) is 0. The summed E-state index contributed by atoms with van der Waals surface area (Å²) < 4.78 is 0. The van der Waals surface area contributed by atoms with Crippen molar-refractivity contribution in [2.45, 2.75) is 12.8 Å². The van der Waals surface area contributed by atoms with Gasteiger partial charge in [0.25, 0.3) is 5.91 Å². The number of benzene rings is 2. The second-order valence-electron chi connectivity index (χ2n) is 7.72. The van der Waals surface area contributed by atoms with Crippen LogP contribution in [0.15, 0.2) is 66.7 Å². The lowest BCUT2D eigenvalue weighted by Gasteiger charge is -2.38. The molecule has 3 aliphatic carbocycles. The summed E-state index contributed by atoms with van der Waals surface area (Å²) in [6.07, 6.45) is 6.18. The first-order valence-corrected chi connectivity index (χ1v) is 9.66. The summed E-state index contributed by atoms with van der Waals surface area (Å²) in [5.41, 5.74) is 1.74. The molecule has 5 nitrogen and oxygen atoms in total. The maximum absolute atomic E-state index is 13.0. The second kappa shape index (κ2) is 6.44. The molecule has 0 aromatic heterocycles. The van der Waals surface area contributed by atoms with Crippen molar-refractivity contribution in [2.24, 2.45) is 23.7 Å². The Morgan fingerprint density at radius 2 is 1.39 bits per heavy atom. The highest BCUT2D eigenvalue weighted by Crippen LogP contribution is 2.50. The predicted octanol–water partition coefficient (Wildman–Crippen LogP) is 3.64. The lowest BCUT2D eigenvalue weighted by atomic mass is 9.63. The van der Waals surface area contributed by atoms with Gasteiger partial charge in [-0.25, -0.2) is 0 Å². The number of rotatable bonds is 3. The standard InChI is InChI=1S/C23H20N2O3/c26-21(24-17-4-2-1-3-5-17)16-10-12-18(13-11-16)25-22(27)19-14-6-7-15(9-8-14)20(19)23(25)28/h1-7,10-15,19-20H,8-9H2,(H,24,26). The van der Waals surface area contributed by atoms with Crippen LogP contribution in [0.25, 0.3) is 0 Å². The number of carbonyl (C=O) groups is 3. The minimum absolute atomic E-state index is 0.101. The minimum Gasteiger partial charge on any atom is -0.322 e. The molecular weight excluding hydrogens is 352 g/mol. The van der Waals surface area contributed by atoms with E-state index in [0.717, 1.165) is 12.8 Å². The van der Waals surface area contributed by atoms with Crippen molar-refractivity contribution in [2.75, 3.05) is 10.2 Å². The van der Waals surface area contributed by atoms with Crippen LogP contribution in [0.5, 0.6) is 0 Å². The molecule has 0 radical (unpaired) electrons. The maximum atomic E-state index is 13.0. The molecule has 1 saturated carbocycles. The number of fused-ring (bicyclic) bond motifs is 1. The van der Waals surface area contributed by atoms with Crippen molar-refractivity contribution in [3.63, 3.8) is 0 Å². The van der Waals surface area contributed by atoms with E-state index in [1.54, 1.807) is 24.3 Å². The fraction of sp³-hybridized carbons (Fsp3) is 0.261. The van der Waals surface area contributed by atoms with E-state index < -0.39 is 0 Å². The molecule has 140 valence electrons. The fourth-order valence-corrected chi connectivity index (χ4v) is 4.82. The molecular formula is C23H20N2O3. The largest absolute Gasteiger partial charge is 0.322 e. The maximum Gasteiger partial charge on any atom is 0.255 e. The normalized spacial score (nSPS) is 27.8. The summed E-state index contributed by atoms with van der Waals surface area (Å²) in [4.78, 5) is 39.7. The summed E-state index contributed by atoms with van der Waals surface area (Å²) in [6.45, 7) is 0. The zero-order valence-corrected chi connectivity index (χ0v) is 15.2. The Balaban J connectivity index is 1.37. The summed E-state index contributed by atoms with van der Waals surface area (Å²) >= 11 is 0. The zero-order valence-electron chi connectivity index (χ0n) is 15.2. The summed E-state index contributed by atoms with van der Waals surface area (Å²) in [5, 5.41) is 2.83. The lowest BCUT2D eigenvalue weighted by molar-refractivity contribution is -0.124. The highest BCUT2D eigenvalue weighted by atomic mass is 16.2. The van der Waals surface area contributed by atoms with E-state index >= 15 is 0 Å². The molecule has 1 heterocycles. The van der Waals surface area contributed by atoms with Gasteiger partial charge < -0.3 is 5.32 Å². The summed E-state index contributed by atoms with van der Waals surface area (Å²) in [6, 6.07) is 15.9. The van der Waals surface area contributed by atoms with Crippen LogP contribution < -0.4 is 10.2 Å². The van der Waals surface area contributed by atoms with Crippen LogP contribution >= 0.6 is 0 Å². The van der Waals surface area contributed by atoms with Gasteiger partial charge in [-0.05, 0) is 61.1 Å². The molecule has 28 heavy (non-hydrogen) atoms. The third kappa shape index (κ3) is 2.58. The molecule has 4 aliphatic rings. The molecule has 5 heteroatoms. The van der Waals surface area contributed by atoms with Gasteiger partial charge in [-0.1, -0.05) is 30.4 Å². The van der Waals surface area contributed by atoms with Gasteiger partial charge >= 0.3 is 0 Å². The number of imide groups is 1. The zero-order chi connectivity index (χ0) is 19.3. The van der Waals surface area contributed by atoms with Crippen LogP contribution in [0.1, 0.15) is 23.2 Å².